The lowest BCUT2D eigenvalue weighted by molar-refractivity contribution is 0.567. The van der Waals surface area contributed by atoms with Gasteiger partial charge in [-0.2, -0.15) is 0 Å². The maximum Gasteiger partial charge on any atom is 0.223 e. The fourth-order valence-corrected chi connectivity index (χ4v) is 1.81. The maximum atomic E-state index is 4.56. The standard InChI is InChI=1S/C12H20N4/c1-12(2,3)10-5-7-14-11(16-10)15-9-4-6-13-8-9/h5,7,9,13H,4,6,8H2,1-3H3,(H,14,15,16). The van der Waals surface area contributed by atoms with E-state index in [4.69, 9.17) is 0 Å². The van der Waals surface area contributed by atoms with E-state index in [9.17, 15) is 0 Å². The lowest BCUT2D eigenvalue weighted by Gasteiger charge is -2.19. The molecule has 1 aromatic rings. The Kier molecular flexibility index (Phi) is 3.10. The van der Waals surface area contributed by atoms with Gasteiger partial charge in [0.1, 0.15) is 0 Å². The average molecular weight is 220 g/mol. The van der Waals surface area contributed by atoms with Crippen LogP contribution in [0.2, 0.25) is 0 Å². The zero-order valence-corrected chi connectivity index (χ0v) is 10.2. The molecule has 16 heavy (non-hydrogen) atoms. The highest BCUT2D eigenvalue weighted by atomic mass is 15.1. The zero-order valence-electron chi connectivity index (χ0n) is 10.2. The van der Waals surface area contributed by atoms with Crippen LogP contribution in [0.3, 0.4) is 0 Å². The van der Waals surface area contributed by atoms with Gasteiger partial charge in [0.25, 0.3) is 0 Å². The Morgan fingerprint density at radius 3 is 2.88 bits per heavy atom. The molecule has 88 valence electrons. The van der Waals surface area contributed by atoms with Crippen molar-refractivity contribution < 1.29 is 0 Å². The van der Waals surface area contributed by atoms with Crippen molar-refractivity contribution in [1.29, 1.82) is 0 Å². The van der Waals surface area contributed by atoms with Crippen molar-refractivity contribution in [2.45, 2.75) is 38.6 Å². The quantitative estimate of drug-likeness (QED) is 0.794. The van der Waals surface area contributed by atoms with E-state index >= 15 is 0 Å². The van der Waals surface area contributed by atoms with Gasteiger partial charge in [-0.05, 0) is 19.0 Å². The van der Waals surface area contributed by atoms with Gasteiger partial charge in [-0.15, -0.1) is 0 Å². The molecule has 1 aliphatic heterocycles. The molecule has 0 aromatic carbocycles. The molecule has 1 atom stereocenters. The number of nitrogens with one attached hydrogen (secondary N) is 2. The molecule has 2 heterocycles. The molecule has 0 radical (unpaired) electrons. The summed E-state index contributed by atoms with van der Waals surface area (Å²) in [4.78, 5) is 8.82. The van der Waals surface area contributed by atoms with Gasteiger partial charge < -0.3 is 10.6 Å². The van der Waals surface area contributed by atoms with Gasteiger partial charge in [0, 0.05) is 24.2 Å². The van der Waals surface area contributed by atoms with Crippen LogP contribution in [-0.4, -0.2) is 29.1 Å². The SMILES string of the molecule is CC(C)(C)c1ccnc(NC2CCNC2)n1. The third-order valence-corrected chi connectivity index (χ3v) is 2.82. The van der Waals surface area contributed by atoms with E-state index in [-0.39, 0.29) is 5.41 Å². The van der Waals surface area contributed by atoms with Crippen molar-refractivity contribution in [1.82, 2.24) is 15.3 Å². The fourth-order valence-electron chi connectivity index (χ4n) is 1.81. The first-order chi connectivity index (χ1) is 7.55. The molecule has 4 nitrogen and oxygen atoms in total. The molecular weight excluding hydrogens is 200 g/mol. The first-order valence-electron chi connectivity index (χ1n) is 5.86. The largest absolute Gasteiger partial charge is 0.350 e. The molecule has 1 saturated heterocycles. The monoisotopic (exact) mass is 220 g/mol. The van der Waals surface area contributed by atoms with Gasteiger partial charge in [-0.3, -0.25) is 0 Å². The summed E-state index contributed by atoms with van der Waals surface area (Å²) in [5, 5.41) is 6.69. The first-order valence-corrected chi connectivity index (χ1v) is 5.86. The average Bonchev–Trinajstić information content (AvgIpc) is 2.70. The Bertz CT molecular complexity index is 350. The third kappa shape index (κ3) is 2.70. The number of aromatic nitrogens is 2. The minimum Gasteiger partial charge on any atom is -0.350 e. The summed E-state index contributed by atoms with van der Waals surface area (Å²) in [6.45, 7) is 8.57. The molecule has 2 rings (SSSR count). The van der Waals surface area contributed by atoms with E-state index in [1.54, 1.807) is 0 Å². The number of anilines is 1. The lowest BCUT2D eigenvalue weighted by Crippen LogP contribution is -2.24. The highest BCUT2D eigenvalue weighted by Gasteiger charge is 2.18. The molecule has 1 aliphatic rings. The van der Waals surface area contributed by atoms with Crippen molar-refractivity contribution >= 4 is 5.95 Å². The number of hydrogen-bond donors (Lipinski definition) is 2. The third-order valence-electron chi connectivity index (χ3n) is 2.82. The minimum absolute atomic E-state index is 0.0767. The summed E-state index contributed by atoms with van der Waals surface area (Å²) in [7, 11) is 0. The molecule has 2 N–H and O–H groups in total. The smallest absolute Gasteiger partial charge is 0.223 e. The van der Waals surface area contributed by atoms with Crippen LogP contribution in [0.25, 0.3) is 0 Å². The van der Waals surface area contributed by atoms with Crippen molar-refractivity contribution in [3.8, 4) is 0 Å². The molecular formula is C12H20N4. The Hall–Kier alpha value is -1.16. The van der Waals surface area contributed by atoms with Crippen LogP contribution in [0.15, 0.2) is 12.3 Å². The summed E-state index contributed by atoms with van der Waals surface area (Å²) in [5.41, 5.74) is 1.16. The van der Waals surface area contributed by atoms with Gasteiger partial charge in [-0.25, -0.2) is 9.97 Å². The second-order valence-electron chi connectivity index (χ2n) is 5.35. The van der Waals surface area contributed by atoms with E-state index in [1.165, 1.54) is 0 Å². The summed E-state index contributed by atoms with van der Waals surface area (Å²) in [5.74, 6) is 0.751. The molecule has 0 bridgehead atoms. The van der Waals surface area contributed by atoms with E-state index in [0.717, 1.165) is 31.2 Å². The van der Waals surface area contributed by atoms with Crippen molar-refractivity contribution in [2.75, 3.05) is 18.4 Å². The van der Waals surface area contributed by atoms with Gasteiger partial charge in [0.15, 0.2) is 0 Å². The van der Waals surface area contributed by atoms with E-state index in [1.807, 2.05) is 12.3 Å². The van der Waals surface area contributed by atoms with Crippen LogP contribution < -0.4 is 10.6 Å². The Morgan fingerprint density at radius 1 is 1.44 bits per heavy atom. The highest BCUT2D eigenvalue weighted by molar-refractivity contribution is 5.29. The number of hydrogen-bond acceptors (Lipinski definition) is 4. The summed E-state index contributed by atoms with van der Waals surface area (Å²) >= 11 is 0. The van der Waals surface area contributed by atoms with Gasteiger partial charge in [0.05, 0.1) is 5.69 Å². The molecule has 0 amide bonds. The molecule has 0 aliphatic carbocycles. The Balaban J connectivity index is 2.09. The minimum atomic E-state index is 0.0767. The molecule has 4 heteroatoms. The van der Waals surface area contributed by atoms with Crippen LogP contribution in [0, 0.1) is 0 Å². The van der Waals surface area contributed by atoms with Crippen molar-refractivity contribution in [3.63, 3.8) is 0 Å². The van der Waals surface area contributed by atoms with E-state index in [2.05, 4.69) is 41.4 Å². The second kappa shape index (κ2) is 4.37. The van der Waals surface area contributed by atoms with Crippen LogP contribution in [0.5, 0.6) is 0 Å². The molecule has 1 fully saturated rings. The van der Waals surface area contributed by atoms with E-state index < -0.39 is 0 Å². The summed E-state index contributed by atoms with van der Waals surface area (Å²) in [6, 6.07) is 2.45. The van der Waals surface area contributed by atoms with Crippen LogP contribution >= 0.6 is 0 Å². The molecule has 0 spiro atoms. The lowest BCUT2D eigenvalue weighted by atomic mass is 9.92. The number of rotatable bonds is 2. The predicted molar refractivity (Wildman–Crippen MR) is 65.6 cm³/mol. The first kappa shape index (κ1) is 11.3. The molecule has 1 unspecified atom stereocenters. The Morgan fingerprint density at radius 2 is 2.25 bits per heavy atom. The van der Waals surface area contributed by atoms with Crippen molar-refractivity contribution in [3.05, 3.63) is 18.0 Å². The molecule has 1 aromatic heterocycles. The van der Waals surface area contributed by atoms with Crippen LogP contribution in [0.4, 0.5) is 5.95 Å². The highest BCUT2D eigenvalue weighted by Crippen LogP contribution is 2.20. The maximum absolute atomic E-state index is 4.56. The number of nitrogens with zero attached hydrogens (tertiary/aromatic N) is 2. The summed E-state index contributed by atoms with van der Waals surface area (Å²) in [6.07, 6.45) is 2.97. The van der Waals surface area contributed by atoms with Crippen molar-refractivity contribution in [2.24, 2.45) is 0 Å². The molecule has 0 saturated carbocycles. The van der Waals surface area contributed by atoms with E-state index in [0.29, 0.717) is 6.04 Å². The Labute approximate surface area is 96.9 Å². The van der Waals surface area contributed by atoms with Gasteiger partial charge in [0.2, 0.25) is 5.95 Å². The fraction of sp³-hybridized carbons (Fsp3) is 0.667. The normalized spacial score (nSPS) is 21.1. The summed E-state index contributed by atoms with van der Waals surface area (Å²) < 4.78 is 0. The van der Waals surface area contributed by atoms with Crippen LogP contribution in [-0.2, 0) is 5.41 Å². The van der Waals surface area contributed by atoms with Gasteiger partial charge >= 0.3 is 0 Å². The predicted octanol–water partition coefficient (Wildman–Crippen LogP) is 1.55. The topological polar surface area (TPSA) is 49.8 Å². The van der Waals surface area contributed by atoms with Crippen LogP contribution in [0.1, 0.15) is 32.9 Å². The zero-order chi connectivity index (χ0) is 11.6. The second-order valence-corrected chi connectivity index (χ2v) is 5.35. The van der Waals surface area contributed by atoms with Gasteiger partial charge in [-0.1, -0.05) is 20.8 Å².